The van der Waals surface area contributed by atoms with Crippen molar-refractivity contribution in [3.63, 3.8) is 0 Å². The summed E-state index contributed by atoms with van der Waals surface area (Å²) < 4.78 is 41.4. The number of hydrogen-bond donors (Lipinski definition) is 1. The molecule has 4 rings (SSSR count). The first-order valence-electron chi connectivity index (χ1n) is 8.81. The number of aliphatic hydroxyl groups excluding tert-OH is 1. The zero-order chi connectivity index (χ0) is 21.5. The van der Waals surface area contributed by atoms with E-state index in [1.807, 2.05) is 0 Å². The smallest absolute Gasteiger partial charge is 0.395 e. The highest BCUT2D eigenvalue weighted by Crippen LogP contribution is 2.31. The van der Waals surface area contributed by atoms with Crippen LogP contribution in [0.5, 0.6) is 0 Å². The third-order valence-electron chi connectivity index (χ3n) is 4.48. The Balaban J connectivity index is 1.96. The second kappa shape index (κ2) is 7.34. The molecule has 30 heavy (non-hydrogen) atoms. The summed E-state index contributed by atoms with van der Waals surface area (Å²) in [6, 6.07) is 3.55. The second-order valence-corrected chi connectivity index (χ2v) is 6.55. The zero-order valence-electron chi connectivity index (χ0n) is 15.6. The highest BCUT2D eigenvalue weighted by Gasteiger charge is 2.30. The molecule has 4 aromatic heterocycles. The first-order valence-corrected chi connectivity index (χ1v) is 8.81. The predicted molar refractivity (Wildman–Crippen MR) is 101 cm³/mol. The van der Waals surface area contributed by atoms with Crippen LogP contribution in [-0.2, 0) is 19.8 Å². The molecule has 0 unspecified atom stereocenters. The lowest BCUT2D eigenvalue weighted by Crippen LogP contribution is -2.22. The van der Waals surface area contributed by atoms with Crippen molar-refractivity contribution >= 4 is 10.9 Å². The zero-order valence-corrected chi connectivity index (χ0v) is 15.6. The molecular formula is C19H15F3N6O2. The lowest BCUT2D eigenvalue weighted by atomic mass is 10.1. The molecule has 0 spiro atoms. The van der Waals surface area contributed by atoms with Gasteiger partial charge in [0.05, 0.1) is 48.0 Å². The maximum Gasteiger partial charge on any atom is 0.417 e. The van der Waals surface area contributed by atoms with Crippen LogP contribution in [0.4, 0.5) is 13.2 Å². The van der Waals surface area contributed by atoms with E-state index in [9.17, 15) is 18.0 Å². The molecule has 4 aromatic rings. The minimum atomic E-state index is -4.51. The van der Waals surface area contributed by atoms with E-state index in [1.165, 1.54) is 23.0 Å². The van der Waals surface area contributed by atoms with E-state index in [2.05, 4.69) is 20.1 Å². The minimum Gasteiger partial charge on any atom is -0.395 e. The van der Waals surface area contributed by atoms with Crippen molar-refractivity contribution in [2.75, 3.05) is 6.61 Å². The van der Waals surface area contributed by atoms with Gasteiger partial charge in [0.2, 0.25) is 0 Å². The van der Waals surface area contributed by atoms with Gasteiger partial charge in [-0.3, -0.25) is 19.0 Å². The molecule has 0 bridgehead atoms. The highest BCUT2D eigenvalue weighted by molar-refractivity contribution is 5.93. The Morgan fingerprint density at radius 1 is 1.13 bits per heavy atom. The monoisotopic (exact) mass is 416 g/mol. The molecule has 0 atom stereocenters. The fraction of sp³-hybridized carbons (Fsp3) is 0.211. The average Bonchev–Trinajstić information content (AvgIpc) is 3.15. The summed E-state index contributed by atoms with van der Waals surface area (Å²) in [6.45, 7) is -0.193. The Kier molecular flexibility index (Phi) is 4.82. The van der Waals surface area contributed by atoms with Crippen molar-refractivity contribution in [1.29, 1.82) is 0 Å². The van der Waals surface area contributed by atoms with Gasteiger partial charge >= 0.3 is 6.18 Å². The van der Waals surface area contributed by atoms with Crippen LogP contribution in [0.1, 0.15) is 5.56 Å². The lowest BCUT2D eigenvalue weighted by Gasteiger charge is -2.10. The Morgan fingerprint density at radius 2 is 1.93 bits per heavy atom. The number of aryl methyl sites for hydroxylation is 1. The number of rotatable bonds is 4. The van der Waals surface area contributed by atoms with Crippen LogP contribution in [0.3, 0.4) is 0 Å². The molecule has 0 aliphatic heterocycles. The van der Waals surface area contributed by atoms with E-state index in [0.29, 0.717) is 16.8 Å². The van der Waals surface area contributed by atoms with Crippen molar-refractivity contribution < 1.29 is 18.3 Å². The fourth-order valence-corrected chi connectivity index (χ4v) is 3.02. The number of aliphatic hydroxyl groups is 1. The van der Waals surface area contributed by atoms with E-state index in [4.69, 9.17) is 5.11 Å². The number of hydrogen-bond acceptors (Lipinski definition) is 6. The lowest BCUT2D eigenvalue weighted by molar-refractivity contribution is -0.137. The molecule has 0 aliphatic rings. The predicted octanol–water partition coefficient (Wildman–Crippen LogP) is 2.27. The van der Waals surface area contributed by atoms with Gasteiger partial charge in [-0.1, -0.05) is 0 Å². The first-order chi connectivity index (χ1) is 14.3. The maximum absolute atomic E-state index is 12.9. The molecule has 11 heteroatoms. The quantitative estimate of drug-likeness (QED) is 0.548. The van der Waals surface area contributed by atoms with Crippen LogP contribution < -0.4 is 5.56 Å². The normalized spacial score (nSPS) is 11.9. The molecule has 0 aromatic carbocycles. The molecule has 0 saturated carbocycles. The first kappa shape index (κ1) is 19.7. The second-order valence-electron chi connectivity index (χ2n) is 6.55. The molecule has 8 nitrogen and oxygen atoms in total. The summed E-state index contributed by atoms with van der Waals surface area (Å²) in [6.07, 6.45) is 0.765. The van der Waals surface area contributed by atoms with E-state index in [-0.39, 0.29) is 29.9 Å². The molecule has 154 valence electrons. The summed E-state index contributed by atoms with van der Waals surface area (Å²) in [5.41, 5.74) is 0.357. The number of nitrogens with zero attached hydrogens (tertiary/aromatic N) is 6. The van der Waals surface area contributed by atoms with Crippen LogP contribution in [0.25, 0.3) is 33.5 Å². The van der Waals surface area contributed by atoms with Crippen molar-refractivity contribution in [3.8, 4) is 22.6 Å². The Labute approximate surface area is 167 Å². The molecule has 0 saturated heterocycles. The van der Waals surface area contributed by atoms with E-state index in [1.54, 1.807) is 24.1 Å². The van der Waals surface area contributed by atoms with Crippen LogP contribution in [0, 0.1) is 0 Å². The van der Waals surface area contributed by atoms with Gasteiger partial charge in [-0.15, -0.1) is 0 Å². The van der Waals surface area contributed by atoms with Crippen molar-refractivity contribution in [2.45, 2.75) is 12.7 Å². The van der Waals surface area contributed by atoms with Gasteiger partial charge in [0.25, 0.3) is 5.56 Å². The standard InChI is InChI=1S/C19H15F3N6O2/c1-27-9-11(7-25-27)16-17-13(18(30)28(4-5-29)10-24-17)6-15(26-16)14-3-2-12(8-23-14)19(20,21)22/h2-3,6-10,29H,4-5H2,1H3. The number of pyridine rings is 2. The Morgan fingerprint density at radius 3 is 2.53 bits per heavy atom. The topological polar surface area (TPSA) is 98.7 Å². The Bertz CT molecular complexity index is 1280. The van der Waals surface area contributed by atoms with Gasteiger partial charge in [-0.2, -0.15) is 18.3 Å². The van der Waals surface area contributed by atoms with Crippen LogP contribution in [-0.4, -0.2) is 41.0 Å². The highest BCUT2D eigenvalue weighted by atomic mass is 19.4. The summed E-state index contributed by atoms with van der Waals surface area (Å²) >= 11 is 0. The average molecular weight is 416 g/mol. The largest absolute Gasteiger partial charge is 0.417 e. The molecule has 0 fully saturated rings. The molecule has 0 radical (unpaired) electrons. The van der Waals surface area contributed by atoms with Crippen LogP contribution in [0.15, 0.2) is 47.9 Å². The number of alkyl halides is 3. The molecule has 0 amide bonds. The molecule has 1 N–H and O–H groups in total. The van der Waals surface area contributed by atoms with Gasteiger partial charge in [-0.05, 0) is 18.2 Å². The van der Waals surface area contributed by atoms with Crippen LogP contribution >= 0.6 is 0 Å². The van der Waals surface area contributed by atoms with Gasteiger partial charge in [0.15, 0.2) is 0 Å². The molecule has 4 heterocycles. The van der Waals surface area contributed by atoms with Crippen molar-refractivity contribution in [1.82, 2.24) is 29.3 Å². The number of fused-ring (bicyclic) bond motifs is 1. The van der Waals surface area contributed by atoms with Crippen LogP contribution in [0.2, 0.25) is 0 Å². The van der Waals surface area contributed by atoms with E-state index in [0.717, 1.165) is 12.3 Å². The third kappa shape index (κ3) is 3.54. The summed E-state index contributed by atoms with van der Waals surface area (Å²) in [4.78, 5) is 25.6. The number of aromatic nitrogens is 6. The molecule has 0 aliphatic carbocycles. The molecular weight excluding hydrogens is 401 g/mol. The van der Waals surface area contributed by atoms with Crippen molar-refractivity contribution in [3.05, 3.63) is 59.0 Å². The van der Waals surface area contributed by atoms with Gasteiger partial charge < -0.3 is 5.11 Å². The summed E-state index contributed by atoms with van der Waals surface area (Å²) in [5.74, 6) is 0. The van der Waals surface area contributed by atoms with E-state index >= 15 is 0 Å². The van der Waals surface area contributed by atoms with Gasteiger partial charge in [0.1, 0.15) is 11.2 Å². The fourth-order valence-electron chi connectivity index (χ4n) is 3.02. The SMILES string of the molecule is Cn1cc(-c2nc(-c3ccc(C(F)(F)F)cn3)cc3c(=O)n(CCO)cnc23)cn1. The third-order valence-corrected chi connectivity index (χ3v) is 4.48. The minimum absolute atomic E-state index is 0.0557. The van der Waals surface area contributed by atoms with Gasteiger partial charge in [0, 0.05) is 25.0 Å². The van der Waals surface area contributed by atoms with Gasteiger partial charge in [-0.25, -0.2) is 9.97 Å². The summed E-state index contributed by atoms with van der Waals surface area (Å²) in [7, 11) is 1.72. The Hall–Kier alpha value is -3.60. The van der Waals surface area contributed by atoms with Crippen molar-refractivity contribution in [2.24, 2.45) is 7.05 Å². The maximum atomic E-state index is 12.9. The number of halogens is 3. The summed E-state index contributed by atoms with van der Waals surface area (Å²) in [5, 5.41) is 13.5. The van der Waals surface area contributed by atoms with E-state index < -0.39 is 17.3 Å².